The van der Waals surface area contributed by atoms with E-state index in [1.54, 1.807) is 26.1 Å². The Balaban J connectivity index is 2.53. The molecule has 0 saturated heterocycles. The van der Waals surface area contributed by atoms with E-state index in [9.17, 15) is 14.7 Å². The second-order valence-corrected chi connectivity index (χ2v) is 4.86. The molecule has 0 heterocycles. The van der Waals surface area contributed by atoms with Crippen molar-refractivity contribution in [2.45, 2.75) is 26.3 Å². The van der Waals surface area contributed by atoms with Gasteiger partial charge in [-0.3, -0.25) is 9.59 Å². The summed E-state index contributed by atoms with van der Waals surface area (Å²) in [7, 11) is 1.81. The van der Waals surface area contributed by atoms with Crippen molar-refractivity contribution in [2.75, 3.05) is 7.05 Å². The molecule has 0 amide bonds. The van der Waals surface area contributed by atoms with Crippen LogP contribution in [0.2, 0.25) is 0 Å². The first-order valence-corrected chi connectivity index (χ1v) is 6.25. The second kappa shape index (κ2) is 4.97. The lowest BCUT2D eigenvalue weighted by atomic mass is 9.82. The lowest BCUT2D eigenvalue weighted by Gasteiger charge is -2.21. The van der Waals surface area contributed by atoms with Crippen LogP contribution in [0, 0.1) is 0 Å². The predicted octanol–water partition coefficient (Wildman–Crippen LogP) is 2.09. The maximum absolute atomic E-state index is 12.4. The largest absolute Gasteiger partial charge is 0.507 e. The number of Topliss-reactive ketones (excluding diaryl/α,β-unsaturated/α-hetero) is 2. The van der Waals surface area contributed by atoms with E-state index in [0.717, 1.165) is 0 Å². The third-order valence-corrected chi connectivity index (χ3v) is 3.58. The monoisotopic (exact) mass is 259 g/mol. The van der Waals surface area contributed by atoms with Gasteiger partial charge in [-0.15, -0.1) is 0 Å². The van der Waals surface area contributed by atoms with Crippen LogP contribution in [0.3, 0.4) is 0 Å². The van der Waals surface area contributed by atoms with Gasteiger partial charge in [0.05, 0.1) is 5.56 Å². The van der Waals surface area contributed by atoms with Crippen molar-refractivity contribution in [1.29, 1.82) is 0 Å². The number of aromatic hydroxyl groups is 1. The molecule has 1 aromatic rings. The van der Waals surface area contributed by atoms with Gasteiger partial charge in [-0.1, -0.05) is 12.1 Å². The van der Waals surface area contributed by atoms with E-state index in [-0.39, 0.29) is 28.9 Å². The van der Waals surface area contributed by atoms with Crippen LogP contribution in [0.15, 0.2) is 29.3 Å². The minimum Gasteiger partial charge on any atom is -0.507 e. The van der Waals surface area contributed by atoms with Crippen molar-refractivity contribution < 1.29 is 14.7 Å². The van der Waals surface area contributed by atoms with Gasteiger partial charge < -0.3 is 10.4 Å². The van der Waals surface area contributed by atoms with Crippen molar-refractivity contribution in [3.05, 3.63) is 40.5 Å². The second-order valence-electron chi connectivity index (χ2n) is 4.86. The quantitative estimate of drug-likeness (QED) is 0.872. The molecule has 0 bridgehead atoms. The summed E-state index contributed by atoms with van der Waals surface area (Å²) in [6, 6.07) is 4.68. The van der Waals surface area contributed by atoms with E-state index in [1.807, 2.05) is 6.92 Å². The van der Waals surface area contributed by atoms with Crippen molar-refractivity contribution in [2.24, 2.45) is 0 Å². The van der Waals surface area contributed by atoms with Gasteiger partial charge in [0.2, 0.25) is 0 Å². The van der Waals surface area contributed by atoms with Crippen LogP contribution >= 0.6 is 0 Å². The topological polar surface area (TPSA) is 66.4 Å². The minimum atomic E-state index is -0.243. The number of phenols is 1. The summed E-state index contributed by atoms with van der Waals surface area (Å²) in [5.74, 6) is -0.547. The molecular weight excluding hydrogens is 242 g/mol. The number of rotatable bonds is 3. The van der Waals surface area contributed by atoms with Gasteiger partial charge in [-0.05, 0) is 33.4 Å². The molecule has 1 aliphatic carbocycles. The average molecular weight is 259 g/mol. The van der Waals surface area contributed by atoms with Crippen LogP contribution in [-0.2, 0) is 0 Å². The molecule has 4 heteroatoms. The Kier molecular flexibility index (Phi) is 3.53. The number of hydrogen-bond donors (Lipinski definition) is 2. The lowest BCUT2D eigenvalue weighted by Crippen LogP contribution is -2.28. The Hall–Kier alpha value is -1.94. The zero-order valence-corrected chi connectivity index (χ0v) is 11.3. The standard InChI is InChI=1S/C15H17NO3/c1-8(16-3)7-11-9(2)14(18)10-5-4-6-12(17)13(10)15(11)19/h4-6,8,16-17H,7H2,1-3H3. The number of ketones is 2. The van der Waals surface area contributed by atoms with E-state index in [4.69, 9.17) is 0 Å². The van der Waals surface area contributed by atoms with Crippen molar-refractivity contribution in [1.82, 2.24) is 5.32 Å². The number of fused-ring (bicyclic) bond motifs is 1. The maximum atomic E-state index is 12.4. The summed E-state index contributed by atoms with van der Waals surface area (Å²) >= 11 is 0. The summed E-state index contributed by atoms with van der Waals surface area (Å²) in [6.07, 6.45) is 0.473. The highest BCUT2D eigenvalue weighted by atomic mass is 16.3. The molecule has 0 spiro atoms. The Labute approximate surface area is 112 Å². The summed E-state index contributed by atoms with van der Waals surface area (Å²) < 4.78 is 0. The third kappa shape index (κ3) is 2.19. The zero-order valence-electron chi connectivity index (χ0n) is 11.3. The fourth-order valence-corrected chi connectivity index (χ4v) is 2.28. The predicted molar refractivity (Wildman–Crippen MR) is 72.6 cm³/mol. The van der Waals surface area contributed by atoms with E-state index in [0.29, 0.717) is 23.1 Å². The normalized spacial score (nSPS) is 16.6. The van der Waals surface area contributed by atoms with Gasteiger partial charge in [0.15, 0.2) is 11.6 Å². The molecular formula is C15H17NO3. The maximum Gasteiger partial charge on any atom is 0.193 e. The Morgan fingerprint density at radius 2 is 1.95 bits per heavy atom. The first-order chi connectivity index (χ1) is 8.97. The van der Waals surface area contributed by atoms with Gasteiger partial charge in [0.1, 0.15) is 5.75 Å². The molecule has 1 aliphatic rings. The minimum absolute atomic E-state index is 0.0918. The number of hydrogen-bond acceptors (Lipinski definition) is 4. The Bertz CT molecular complexity index is 587. The van der Waals surface area contributed by atoms with E-state index in [1.165, 1.54) is 6.07 Å². The number of nitrogens with one attached hydrogen (secondary N) is 1. The lowest BCUT2D eigenvalue weighted by molar-refractivity contribution is 0.0968. The molecule has 2 rings (SSSR count). The molecule has 0 aliphatic heterocycles. The molecule has 0 fully saturated rings. The van der Waals surface area contributed by atoms with Crippen LogP contribution in [0.4, 0.5) is 0 Å². The van der Waals surface area contributed by atoms with Crippen LogP contribution in [0.1, 0.15) is 41.0 Å². The van der Waals surface area contributed by atoms with Gasteiger partial charge in [-0.2, -0.15) is 0 Å². The van der Waals surface area contributed by atoms with Crippen LogP contribution in [-0.4, -0.2) is 29.8 Å². The van der Waals surface area contributed by atoms with E-state index in [2.05, 4.69) is 5.32 Å². The van der Waals surface area contributed by atoms with Crippen LogP contribution in [0.5, 0.6) is 5.75 Å². The number of carbonyl (C=O) groups is 2. The van der Waals surface area contributed by atoms with Gasteiger partial charge >= 0.3 is 0 Å². The summed E-state index contributed by atoms with van der Waals surface area (Å²) in [5, 5.41) is 12.9. The fourth-order valence-electron chi connectivity index (χ4n) is 2.28. The SMILES string of the molecule is CNC(C)CC1=C(C)C(=O)c2cccc(O)c2C1=O. The van der Waals surface area contributed by atoms with E-state index >= 15 is 0 Å². The molecule has 1 aromatic carbocycles. The zero-order chi connectivity index (χ0) is 14.2. The highest BCUT2D eigenvalue weighted by molar-refractivity contribution is 6.27. The first-order valence-electron chi connectivity index (χ1n) is 6.25. The molecule has 0 saturated carbocycles. The van der Waals surface area contributed by atoms with Crippen LogP contribution < -0.4 is 5.32 Å². The Morgan fingerprint density at radius 3 is 2.58 bits per heavy atom. The number of phenolic OH excluding ortho intramolecular Hbond substituents is 1. The molecule has 1 atom stereocenters. The van der Waals surface area contributed by atoms with E-state index < -0.39 is 0 Å². The van der Waals surface area contributed by atoms with Crippen LogP contribution in [0.25, 0.3) is 0 Å². The fraction of sp³-hybridized carbons (Fsp3) is 0.333. The number of carbonyl (C=O) groups excluding carboxylic acids is 2. The average Bonchev–Trinajstić information content (AvgIpc) is 2.40. The van der Waals surface area contributed by atoms with Gasteiger partial charge in [0, 0.05) is 22.8 Å². The molecule has 0 aromatic heterocycles. The van der Waals surface area contributed by atoms with Gasteiger partial charge in [0.25, 0.3) is 0 Å². The Morgan fingerprint density at radius 1 is 1.26 bits per heavy atom. The number of allylic oxidation sites excluding steroid dienone is 1. The van der Waals surface area contributed by atoms with Crippen molar-refractivity contribution in [3.63, 3.8) is 0 Å². The molecule has 2 N–H and O–H groups in total. The molecule has 4 nitrogen and oxygen atoms in total. The smallest absolute Gasteiger partial charge is 0.193 e. The third-order valence-electron chi connectivity index (χ3n) is 3.58. The molecule has 19 heavy (non-hydrogen) atoms. The molecule has 100 valence electrons. The molecule has 0 radical (unpaired) electrons. The van der Waals surface area contributed by atoms with Gasteiger partial charge in [-0.25, -0.2) is 0 Å². The first kappa shape index (κ1) is 13.5. The highest BCUT2D eigenvalue weighted by Crippen LogP contribution is 2.33. The summed E-state index contributed by atoms with van der Waals surface area (Å²) in [4.78, 5) is 24.7. The summed E-state index contributed by atoms with van der Waals surface area (Å²) in [5.41, 5.74) is 1.39. The van der Waals surface area contributed by atoms with Crippen molar-refractivity contribution >= 4 is 11.6 Å². The highest BCUT2D eigenvalue weighted by Gasteiger charge is 2.32. The molecule has 1 unspecified atom stereocenters. The number of benzene rings is 1. The summed E-state index contributed by atoms with van der Waals surface area (Å²) in [6.45, 7) is 3.61. The van der Waals surface area contributed by atoms with Crippen molar-refractivity contribution in [3.8, 4) is 5.75 Å².